The molecule has 2 aromatic carbocycles. The van der Waals surface area contributed by atoms with Gasteiger partial charge in [-0.15, -0.1) is 0 Å². The molecule has 0 heterocycles. The smallest absolute Gasteiger partial charge is 0.255 e. The van der Waals surface area contributed by atoms with Gasteiger partial charge < -0.3 is 4.74 Å². The highest BCUT2D eigenvalue weighted by molar-refractivity contribution is 9.10. The fourth-order valence-corrected chi connectivity index (χ4v) is 3.97. The molecule has 2 rings (SSSR count). The van der Waals surface area contributed by atoms with Gasteiger partial charge in [0.15, 0.2) is 0 Å². The molecule has 27 heavy (non-hydrogen) atoms. The van der Waals surface area contributed by atoms with Crippen molar-refractivity contribution in [2.24, 2.45) is 5.10 Å². The number of nitrogens with zero attached hydrogens (tertiary/aromatic N) is 2. The summed E-state index contributed by atoms with van der Waals surface area (Å²) in [7, 11) is -1.16. The van der Waals surface area contributed by atoms with Crippen molar-refractivity contribution in [1.29, 1.82) is 0 Å². The minimum atomic E-state index is -3.89. The van der Waals surface area contributed by atoms with E-state index in [4.69, 9.17) is 16.3 Å². The molecule has 0 aliphatic rings. The van der Waals surface area contributed by atoms with Crippen LogP contribution in [0.3, 0.4) is 0 Å². The van der Waals surface area contributed by atoms with Gasteiger partial charge in [0.1, 0.15) is 5.75 Å². The minimum Gasteiger partial charge on any atom is -0.495 e. The van der Waals surface area contributed by atoms with Crippen molar-refractivity contribution < 1.29 is 17.9 Å². The zero-order valence-electron chi connectivity index (χ0n) is 14.5. The highest BCUT2D eigenvalue weighted by atomic mass is 79.9. The average molecular weight is 475 g/mol. The number of rotatable bonds is 7. The van der Waals surface area contributed by atoms with E-state index in [-0.39, 0.29) is 9.92 Å². The Morgan fingerprint density at radius 1 is 1.33 bits per heavy atom. The fourth-order valence-electron chi connectivity index (χ4n) is 2.08. The van der Waals surface area contributed by atoms with Gasteiger partial charge in [-0.05, 0) is 35.9 Å². The lowest BCUT2D eigenvalue weighted by atomic mass is 10.2. The van der Waals surface area contributed by atoms with Crippen LogP contribution < -0.4 is 10.2 Å². The first-order valence-corrected chi connectivity index (χ1v) is 10.2. The second kappa shape index (κ2) is 9.32. The van der Waals surface area contributed by atoms with Gasteiger partial charge in [-0.25, -0.2) is 13.8 Å². The quantitative estimate of drug-likeness (QED) is 0.494. The number of ether oxygens (including phenoxy) is 1. The molecule has 10 heteroatoms. The van der Waals surface area contributed by atoms with Gasteiger partial charge in [-0.1, -0.05) is 39.7 Å². The molecule has 144 valence electrons. The van der Waals surface area contributed by atoms with E-state index in [2.05, 4.69) is 26.5 Å². The molecular formula is C17H17BrClN3O4S. The summed E-state index contributed by atoms with van der Waals surface area (Å²) in [6, 6.07) is 11.4. The fraction of sp³-hybridized carbons (Fsp3) is 0.176. The maximum absolute atomic E-state index is 12.6. The SMILES string of the molecule is COc1ccc(S(=O)(=O)N(C)CC(=O)NN=Cc2cccc(Br)c2)cc1Cl. The molecule has 0 saturated heterocycles. The van der Waals surface area contributed by atoms with E-state index in [0.717, 1.165) is 14.3 Å². The van der Waals surface area contributed by atoms with Crippen LogP contribution in [0.15, 0.2) is 56.9 Å². The first-order chi connectivity index (χ1) is 12.7. The van der Waals surface area contributed by atoms with E-state index < -0.39 is 22.5 Å². The molecule has 1 N–H and O–H groups in total. The van der Waals surface area contributed by atoms with E-state index in [9.17, 15) is 13.2 Å². The Morgan fingerprint density at radius 3 is 2.70 bits per heavy atom. The predicted octanol–water partition coefficient (Wildman–Crippen LogP) is 2.88. The number of likely N-dealkylation sites (N-methyl/N-ethyl adjacent to an activating group) is 1. The van der Waals surface area contributed by atoms with Crippen molar-refractivity contribution in [2.45, 2.75) is 4.90 Å². The van der Waals surface area contributed by atoms with Crippen LogP contribution >= 0.6 is 27.5 Å². The van der Waals surface area contributed by atoms with Crippen LogP contribution in [0.2, 0.25) is 5.02 Å². The molecule has 0 bridgehead atoms. The third-order valence-corrected chi connectivity index (χ3v) is 6.04. The number of nitrogens with one attached hydrogen (secondary N) is 1. The van der Waals surface area contributed by atoms with Crippen molar-refractivity contribution in [1.82, 2.24) is 9.73 Å². The summed E-state index contributed by atoms with van der Waals surface area (Å²) >= 11 is 9.31. The summed E-state index contributed by atoms with van der Waals surface area (Å²) in [5, 5.41) is 3.98. The third kappa shape index (κ3) is 5.77. The highest BCUT2D eigenvalue weighted by Gasteiger charge is 2.23. The highest BCUT2D eigenvalue weighted by Crippen LogP contribution is 2.28. The van der Waals surface area contributed by atoms with Crippen molar-refractivity contribution in [3.8, 4) is 5.75 Å². The molecule has 0 saturated carbocycles. The number of benzene rings is 2. The summed E-state index contributed by atoms with van der Waals surface area (Å²) in [5.74, 6) is -0.218. The second-order valence-electron chi connectivity index (χ2n) is 5.41. The zero-order valence-corrected chi connectivity index (χ0v) is 17.7. The molecule has 0 aliphatic heterocycles. The molecule has 7 nitrogen and oxygen atoms in total. The van der Waals surface area contributed by atoms with Crippen LogP contribution in [0.4, 0.5) is 0 Å². The number of methoxy groups -OCH3 is 1. The number of hydrogen-bond donors (Lipinski definition) is 1. The first kappa shape index (κ1) is 21.4. The average Bonchev–Trinajstić information content (AvgIpc) is 2.61. The molecule has 0 aliphatic carbocycles. The van der Waals surface area contributed by atoms with E-state index in [1.165, 1.54) is 38.6 Å². The number of carbonyl (C=O) groups is 1. The molecule has 0 unspecified atom stereocenters. The summed E-state index contributed by atoms with van der Waals surface area (Å²) in [6.45, 7) is -0.401. The van der Waals surface area contributed by atoms with Crippen LogP contribution in [0.5, 0.6) is 5.75 Å². The molecule has 0 aromatic heterocycles. The van der Waals surface area contributed by atoms with Gasteiger partial charge >= 0.3 is 0 Å². The largest absolute Gasteiger partial charge is 0.495 e. The van der Waals surface area contributed by atoms with Crippen LogP contribution in [0.25, 0.3) is 0 Å². The van der Waals surface area contributed by atoms with E-state index >= 15 is 0 Å². The number of sulfonamides is 1. The van der Waals surface area contributed by atoms with Crippen molar-refractivity contribution in [3.63, 3.8) is 0 Å². The van der Waals surface area contributed by atoms with Crippen LogP contribution in [0, 0.1) is 0 Å². The predicted molar refractivity (Wildman–Crippen MR) is 108 cm³/mol. The van der Waals surface area contributed by atoms with E-state index in [1.807, 2.05) is 24.3 Å². The Kier molecular flexibility index (Phi) is 7.37. The maximum Gasteiger partial charge on any atom is 0.255 e. The number of hydrazone groups is 1. The molecule has 0 spiro atoms. The summed E-state index contributed by atoms with van der Waals surface area (Å²) < 4.78 is 31.9. The van der Waals surface area contributed by atoms with Gasteiger partial charge in [0.2, 0.25) is 10.0 Å². The Hall–Kier alpha value is -1.94. The van der Waals surface area contributed by atoms with Gasteiger partial charge in [-0.2, -0.15) is 9.41 Å². The summed E-state index contributed by atoms with van der Waals surface area (Å²) in [6.07, 6.45) is 1.46. The van der Waals surface area contributed by atoms with E-state index in [0.29, 0.717) is 5.75 Å². The number of carbonyl (C=O) groups excluding carboxylic acids is 1. The number of halogens is 2. The lowest BCUT2D eigenvalue weighted by molar-refractivity contribution is -0.121. The lowest BCUT2D eigenvalue weighted by Crippen LogP contribution is -2.36. The molecule has 1 amide bonds. The van der Waals surface area contributed by atoms with E-state index in [1.54, 1.807) is 0 Å². The Morgan fingerprint density at radius 2 is 2.07 bits per heavy atom. The minimum absolute atomic E-state index is 0.0405. The molecule has 2 aromatic rings. The molecular weight excluding hydrogens is 458 g/mol. The second-order valence-corrected chi connectivity index (χ2v) is 8.77. The topological polar surface area (TPSA) is 88.1 Å². The van der Waals surface area contributed by atoms with Gasteiger partial charge in [-0.3, -0.25) is 4.79 Å². The van der Waals surface area contributed by atoms with Crippen LogP contribution in [-0.2, 0) is 14.8 Å². The Labute approximate surface area is 171 Å². The lowest BCUT2D eigenvalue weighted by Gasteiger charge is -2.16. The Bertz CT molecular complexity index is 966. The summed E-state index contributed by atoms with van der Waals surface area (Å²) in [4.78, 5) is 11.9. The van der Waals surface area contributed by atoms with Gasteiger partial charge in [0.25, 0.3) is 5.91 Å². The van der Waals surface area contributed by atoms with Crippen molar-refractivity contribution in [2.75, 3.05) is 20.7 Å². The van der Waals surface area contributed by atoms with Crippen molar-refractivity contribution >= 4 is 49.7 Å². The van der Waals surface area contributed by atoms with Gasteiger partial charge in [0, 0.05) is 11.5 Å². The Balaban J connectivity index is 2.01. The number of amides is 1. The number of hydrogen-bond acceptors (Lipinski definition) is 5. The van der Waals surface area contributed by atoms with Crippen LogP contribution in [-0.4, -0.2) is 45.5 Å². The summed E-state index contributed by atoms with van der Waals surface area (Å²) in [5.41, 5.74) is 3.07. The maximum atomic E-state index is 12.6. The zero-order chi connectivity index (χ0) is 20.0. The monoisotopic (exact) mass is 473 g/mol. The van der Waals surface area contributed by atoms with Crippen molar-refractivity contribution in [3.05, 3.63) is 57.5 Å². The molecule has 0 radical (unpaired) electrons. The standard InChI is InChI=1S/C17H17BrClN3O4S/c1-22(27(24,25)14-6-7-16(26-2)15(19)9-14)11-17(23)21-20-10-12-4-3-5-13(18)8-12/h3-10H,11H2,1-2H3,(H,21,23). The van der Waals surface area contributed by atoms with Crippen LogP contribution in [0.1, 0.15) is 5.56 Å². The van der Waals surface area contributed by atoms with Gasteiger partial charge in [0.05, 0.1) is 29.8 Å². The first-order valence-electron chi connectivity index (χ1n) is 7.61. The normalized spacial score (nSPS) is 11.7. The molecule has 0 fully saturated rings. The third-order valence-electron chi connectivity index (χ3n) is 3.45. The molecule has 0 atom stereocenters.